The molecule has 0 aromatic heterocycles. The molecular weight excluding hydrogens is 375 g/mol. The molecule has 0 radical (unpaired) electrons. The van der Waals surface area contributed by atoms with Crippen LogP contribution in [0.3, 0.4) is 0 Å². The van der Waals surface area contributed by atoms with Crippen molar-refractivity contribution in [1.29, 1.82) is 0 Å². The smallest absolute Gasteiger partial charge is 0.224 e. The zero-order valence-corrected chi connectivity index (χ0v) is 16.7. The maximum absolute atomic E-state index is 13.1. The number of nitrogens with one attached hydrogen (secondary N) is 3. The van der Waals surface area contributed by atoms with E-state index < -0.39 is 0 Å². The van der Waals surface area contributed by atoms with Gasteiger partial charge in [0.25, 0.3) is 0 Å². The number of amides is 1. The van der Waals surface area contributed by atoms with Gasteiger partial charge in [0, 0.05) is 20.1 Å². The van der Waals surface area contributed by atoms with Gasteiger partial charge in [-0.2, -0.15) is 0 Å². The number of hydrogen-bond donors (Lipinski definition) is 3. The lowest BCUT2D eigenvalue weighted by Gasteiger charge is -2.13. The van der Waals surface area contributed by atoms with Crippen molar-refractivity contribution in [2.75, 3.05) is 40.4 Å². The fourth-order valence-electron chi connectivity index (χ4n) is 2.51. The number of benzene rings is 2. The van der Waals surface area contributed by atoms with Crippen LogP contribution in [0, 0.1) is 5.82 Å². The van der Waals surface area contributed by atoms with Gasteiger partial charge >= 0.3 is 0 Å². The first kappa shape index (κ1) is 22.0. The molecule has 0 atom stereocenters. The number of halogens is 1. The summed E-state index contributed by atoms with van der Waals surface area (Å²) in [5.41, 5.74) is 0.643. The molecule has 2 rings (SSSR count). The lowest BCUT2D eigenvalue weighted by Crippen LogP contribution is -2.42. The van der Waals surface area contributed by atoms with Crippen molar-refractivity contribution < 1.29 is 18.7 Å². The van der Waals surface area contributed by atoms with Crippen LogP contribution >= 0.6 is 0 Å². The molecule has 0 aliphatic rings. The number of nitrogens with zero attached hydrogens (tertiary/aromatic N) is 1. The van der Waals surface area contributed by atoms with E-state index in [1.54, 1.807) is 26.3 Å². The fraction of sp³-hybridized carbons (Fsp3) is 0.333. The van der Waals surface area contributed by atoms with Gasteiger partial charge in [-0.3, -0.25) is 9.79 Å². The molecule has 1 amide bonds. The summed E-state index contributed by atoms with van der Waals surface area (Å²) < 4.78 is 23.9. The average molecular weight is 402 g/mol. The van der Waals surface area contributed by atoms with Gasteiger partial charge in [0.1, 0.15) is 23.9 Å². The molecule has 0 bridgehead atoms. The molecule has 2 aromatic rings. The first-order chi connectivity index (χ1) is 14.1. The molecule has 3 N–H and O–H groups in total. The zero-order chi connectivity index (χ0) is 20.9. The largest absolute Gasteiger partial charge is 0.497 e. The molecule has 0 heterocycles. The predicted molar refractivity (Wildman–Crippen MR) is 111 cm³/mol. The fourth-order valence-corrected chi connectivity index (χ4v) is 2.51. The monoisotopic (exact) mass is 402 g/mol. The summed E-state index contributed by atoms with van der Waals surface area (Å²) >= 11 is 0. The standard InChI is InChI=1S/C21H27FN4O3/c1-23-21(26-12-13-29-19-8-6-18(28-2)7-9-19)25-11-10-24-20(27)15-16-4-3-5-17(22)14-16/h3-9,14H,10-13,15H2,1-2H3,(H,24,27)(H2,23,25,26). The van der Waals surface area contributed by atoms with Crippen molar-refractivity contribution in [3.05, 3.63) is 59.9 Å². The Bertz CT molecular complexity index is 797. The minimum absolute atomic E-state index is 0.146. The van der Waals surface area contributed by atoms with Crippen LogP contribution in [0.25, 0.3) is 0 Å². The van der Waals surface area contributed by atoms with Gasteiger partial charge in [0.2, 0.25) is 5.91 Å². The SMILES string of the molecule is CN=C(NCCNC(=O)Cc1cccc(F)c1)NCCOc1ccc(OC)cc1. The van der Waals surface area contributed by atoms with Gasteiger partial charge < -0.3 is 25.4 Å². The van der Waals surface area contributed by atoms with E-state index in [2.05, 4.69) is 20.9 Å². The highest BCUT2D eigenvalue weighted by Gasteiger charge is 2.04. The number of carbonyl (C=O) groups is 1. The average Bonchev–Trinajstić information content (AvgIpc) is 2.73. The lowest BCUT2D eigenvalue weighted by molar-refractivity contribution is -0.120. The number of ether oxygens (including phenoxy) is 2. The molecule has 2 aromatic carbocycles. The van der Waals surface area contributed by atoms with Crippen molar-refractivity contribution in [3.8, 4) is 11.5 Å². The third-order valence-electron chi connectivity index (χ3n) is 3.94. The summed E-state index contributed by atoms with van der Waals surface area (Å²) in [6, 6.07) is 13.4. The van der Waals surface area contributed by atoms with Crippen LogP contribution in [0.1, 0.15) is 5.56 Å². The highest BCUT2D eigenvalue weighted by atomic mass is 19.1. The second kappa shape index (κ2) is 12.2. The molecular formula is C21H27FN4O3. The van der Waals surface area contributed by atoms with Crippen molar-refractivity contribution >= 4 is 11.9 Å². The minimum atomic E-state index is -0.345. The predicted octanol–water partition coefficient (Wildman–Crippen LogP) is 1.74. The second-order valence-electron chi connectivity index (χ2n) is 6.11. The van der Waals surface area contributed by atoms with Crippen molar-refractivity contribution in [2.45, 2.75) is 6.42 Å². The molecule has 7 nitrogen and oxygen atoms in total. The van der Waals surface area contributed by atoms with Gasteiger partial charge in [0.05, 0.1) is 20.1 Å². The number of hydrogen-bond acceptors (Lipinski definition) is 4. The Morgan fingerprint density at radius 2 is 1.69 bits per heavy atom. The van der Waals surface area contributed by atoms with Crippen LogP contribution in [0.15, 0.2) is 53.5 Å². The van der Waals surface area contributed by atoms with Crippen LogP contribution in [0.2, 0.25) is 0 Å². The van der Waals surface area contributed by atoms with Crippen LogP contribution in [0.4, 0.5) is 4.39 Å². The minimum Gasteiger partial charge on any atom is -0.497 e. The molecule has 0 fully saturated rings. The normalized spacial score (nSPS) is 10.9. The zero-order valence-electron chi connectivity index (χ0n) is 16.7. The Morgan fingerprint density at radius 1 is 1.00 bits per heavy atom. The quantitative estimate of drug-likeness (QED) is 0.320. The van der Waals surface area contributed by atoms with Gasteiger partial charge in [-0.05, 0) is 42.0 Å². The number of guanidine groups is 1. The van der Waals surface area contributed by atoms with Crippen LogP contribution in [-0.4, -0.2) is 52.3 Å². The summed E-state index contributed by atoms with van der Waals surface area (Å²) in [5, 5.41) is 9.02. The third kappa shape index (κ3) is 8.50. The Morgan fingerprint density at radius 3 is 2.38 bits per heavy atom. The molecule has 0 aliphatic carbocycles. The van der Waals surface area contributed by atoms with E-state index in [1.807, 2.05) is 24.3 Å². The van der Waals surface area contributed by atoms with Crippen molar-refractivity contribution in [2.24, 2.45) is 4.99 Å². The number of rotatable bonds is 10. The highest BCUT2D eigenvalue weighted by Crippen LogP contribution is 2.16. The summed E-state index contributed by atoms with van der Waals surface area (Å²) in [5.74, 6) is 1.65. The Balaban J connectivity index is 1.57. The lowest BCUT2D eigenvalue weighted by atomic mass is 10.1. The van der Waals surface area contributed by atoms with Gasteiger partial charge in [-0.1, -0.05) is 12.1 Å². The maximum Gasteiger partial charge on any atom is 0.224 e. The highest BCUT2D eigenvalue weighted by molar-refractivity contribution is 5.80. The molecule has 0 saturated heterocycles. The molecule has 0 unspecified atom stereocenters. The topological polar surface area (TPSA) is 84.0 Å². The first-order valence-electron chi connectivity index (χ1n) is 9.33. The summed E-state index contributed by atoms with van der Waals surface area (Å²) in [4.78, 5) is 16.0. The summed E-state index contributed by atoms with van der Waals surface area (Å²) in [6.07, 6.45) is 0.146. The molecule has 156 valence electrons. The van der Waals surface area contributed by atoms with Gasteiger partial charge in [0.15, 0.2) is 5.96 Å². The van der Waals surface area contributed by atoms with Crippen LogP contribution < -0.4 is 25.4 Å². The Labute approximate surface area is 170 Å². The summed E-state index contributed by atoms with van der Waals surface area (Å²) in [6.45, 7) is 1.97. The van der Waals surface area contributed by atoms with E-state index in [1.165, 1.54) is 12.1 Å². The van der Waals surface area contributed by atoms with Crippen molar-refractivity contribution in [3.63, 3.8) is 0 Å². The number of methoxy groups -OCH3 is 1. The van der Waals surface area contributed by atoms with E-state index >= 15 is 0 Å². The Kier molecular flexibility index (Phi) is 9.28. The number of aliphatic imine (C=N–C) groups is 1. The molecule has 8 heteroatoms. The molecule has 0 aliphatic heterocycles. The number of carbonyl (C=O) groups excluding carboxylic acids is 1. The Hall–Kier alpha value is -3.29. The van der Waals surface area contributed by atoms with E-state index in [-0.39, 0.29) is 18.1 Å². The van der Waals surface area contributed by atoms with E-state index in [0.29, 0.717) is 37.8 Å². The van der Waals surface area contributed by atoms with Gasteiger partial charge in [-0.25, -0.2) is 4.39 Å². The molecule has 29 heavy (non-hydrogen) atoms. The van der Waals surface area contributed by atoms with Crippen LogP contribution in [0.5, 0.6) is 11.5 Å². The summed E-state index contributed by atoms with van der Waals surface area (Å²) in [7, 11) is 3.29. The second-order valence-corrected chi connectivity index (χ2v) is 6.11. The molecule has 0 saturated carbocycles. The van der Waals surface area contributed by atoms with Crippen molar-refractivity contribution in [1.82, 2.24) is 16.0 Å². The molecule has 0 spiro atoms. The van der Waals surface area contributed by atoms with E-state index in [4.69, 9.17) is 9.47 Å². The van der Waals surface area contributed by atoms with E-state index in [0.717, 1.165) is 11.5 Å². The first-order valence-corrected chi connectivity index (χ1v) is 9.33. The van der Waals surface area contributed by atoms with Crippen LogP contribution in [-0.2, 0) is 11.2 Å². The van der Waals surface area contributed by atoms with E-state index in [9.17, 15) is 9.18 Å². The maximum atomic E-state index is 13.1. The van der Waals surface area contributed by atoms with Gasteiger partial charge in [-0.15, -0.1) is 0 Å². The third-order valence-corrected chi connectivity index (χ3v) is 3.94.